The fourth-order valence-electron chi connectivity index (χ4n) is 4.83. The second-order valence-corrected chi connectivity index (χ2v) is 10.8. The van der Waals surface area contributed by atoms with Crippen LogP contribution in [0, 0.1) is 0 Å². The molecule has 8 heteroatoms. The molecule has 1 N–H and O–H groups in total. The van der Waals surface area contributed by atoms with Crippen molar-refractivity contribution >= 4 is 39.9 Å². The Morgan fingerprint density at radius 2 is 1.72 bits per heavy atom. The number of carbonyl (C=O) groups excluding carboxylic acids is 2. The summed E-state index contributed by atoms with van der Waals surface area (Å²) >= 11 is 6.20. The summed E-state index contributed by atoms with van der Waals surface area (Å²) in [4.78, 5) is 28.9. The van der Waals surface area contributed by atoms with Crippen LogP contribution in [0.2, 0.25) is 5.02 Å². The van der Waals surface area contributed by atoms with Crippen LogP contribution in [0.25, 0.3) is 11.0 Å². The molecule has 2 heterocycles. The molecule has 200 valence electrons. The van der Waals surface area contributed by atoms with Crippen LogP contribution in [-0.4, -0.2) is 31.0 Å². The first kappa shape index (κ1) is 26.4. The van der Waals surface area contributed by atoms with Gasteiger partial charge in [-0.15, -0.1) is 0 Å². The quantitative estimate of drug-likeness (QED) is 0.258. The number of aliphatic hydroxyl groups excluding tert-OH is 1. The van der Waals surface area contributed by atoms with Crippen molar-refractivity contribution in [2.24, 2.45) is 0 Å². The van der Waals surface area contributed by atoms with Gasteiger partial charge in [0.25, 0.3) is 5.91 Å². The van der Waals surface area contributed by atoms with E-state index in [4.69, 9.17) is 25.5 Å². The number of rotatable bonds is 6. The molecule has 1 aromatic heterocycles. The van der Waals surface area contributed by atoms with Crippen LogP contribution in [-0.2, 0) is 10.2 Å². The molecule has 5 rings (SSSR count). The van der Waals surface area contributed by atoms with E-state index in [1.165, 1.54) is 25.2 Å². The molecule has 0 saturated heterocycles. The summed E-state index contributed by atoms with van der Waals surface area (Å²) in [6.45, 7) is 6.30. The summed E-state index contributed by atoms with van der Waals surface area (Å²) in [5.41, 5.74) is 2.35. The van der Waals surface area contributed by atoms with Crippen molar-refractivity contribution in [2.75, 3.05) is 19.1 Å². The molecule has 0 saturated carbocycles. The number of amides is 1. The molecule has 0 aliphatic carbocycles. The molecule has 7 nitrogen and oxygen atoms in total. The first-order chi connectivity index (χ1) is 18.5. The Balaban J connectivity index is 1.65. The minimum atomic E-state index is -0.931. The number of hydrogen-bond acceptors (Lipinski definition) is 6. The molecule has 1 aliphatic rings. The summed E-state index contributed by atoms with van der Waals surface area (Å²) in [7, 11) is 3.01. The van der Waals surface area contributed by atoms with Gasteiger partial charge in [0.1, 0.15) is 5.75 Å². The third-order valence-electron chi connectivity index (χ3n) is 6.86. The number of benzene rings is 3. The van der Waals surface area contributed by atoms with Crippen molar-refractivity contribution in [3.63, 3.8) is 0 Å². The van der Waals surface area contributed by atoms with Crippen molar-refractivity contribution in [3.8, 4) is 11.5 Å². The first-order valence-electron chi connectivity index (χ1n) is 12.4. The Labute approximate surface area is 231 Å². The lowest BCUT2D eigenvalue weighted by Gasteiger charge is -2.28. The molecule has 0 spiro atoms. The van der Waals surface area contributed by atoms with Crippen LogP contribution in [0.1, 0.15) is 48.5 Å². The number of methoxy groups -OCH3 is 2. The largest absolute Gasteiger partial charge is 0.503 e. The zero-order chi connectivity index (χ0) is 28.1. The number of carbonyl (C=O) groups is 2. The maximum atomic E-state index is 14.0. The predicted octanol–water partition coefficient (Wildman–Crippen LogP) is 7.18. The third-order valence-corrected chi connectivity index (χ3v) is 7.08. The Morgan fingerprint density at radius 3 is 2.36 bits per heavy atom. The van der Waals surface area contributed by atoms with Gasteiger partial charge in [0.2, 0.25) is 5.78 Å². The van der Waals surface area contributed by atoms with Gasteiger partial charge in [-0.1, -0.05) is 56.6 Å². The van der Waals surface area contributed by atoms with E-state index >= 15 is 0 Å². The predicted molar refractivity (Wildman–Crippen MR) is 150 cm³/mol. The fourth-order valence-corrected chi connectivity index (χ4v) is 5.05. The summed E-state index contributed by atoms with van der Waals surface area (Å²) in [5, 5.41) is 12.1. The minimum absolute atomic E-state index is 0.0576. The minimum Gasteiger partial charge on any atom is -0.503 e. The van der Waals surface area contributed by atoms with Gasteiger partial charge in [-0.2, -0.15) is 0 Å². The average molecular weight is 546 g/mol. The van der Waals surface area contributed by atoms with Crippen LogP contribution in [0.15, 0.2) is 82.5 Å². The number of Topliss-reactive ketones (excluding diaryl/α,β-unsaturated/α-hetero) is 1. The van der Waals surface area contributed by atoms with Crippen molar-refractivity contribution in [3.05, 3.63) is 100.0 Å². The SMILES string of the molecule is COc1cccc(C2C(C(=O)c3cc4cc(Cl)cc(OC)c4o3)=C(O)C(=O)N2c2ccc(C(C)(C)C)cc2)c1. The van der Waals surface area contributed by atoms with Crippen molar-refractivity contribution in [1.29, 1.82) is 0 Å². The van der Waals surface area contributed by atoms with E-state index in [1.54, 1.807) is 36.4 Å². The van der Waals surface area contributed by atoms with Gasteiger partial charge in [0.05, 0.1) is 25.8 Å². The van der Waals surface area contributed by atoms with Gasteiger partial charge in [0, 0.05) is 22.2 Å². The van der Waals surface area contributed by atoms with E-state index < -0.39 is 23.5 Å². The molecular weight excluding hydrogens is 518 g/mol. The van der Waals surface area contributed by atoms with Gasteiger partial charge >= 0.3 is 0 Å². The number of halogens is 1. The molecule has 1 amide bonds. The van der Waals surface area contributed by atoms with Crippen LogP contribution >= 0.6 is 11.6 Å². The lowest BCUT2D eigenvalue weighted by Crippen LogP contribution is -2.31. The molecule has 1 atom stereocenters. The number of fused-ring (bicyclic) bond motifs is 1. The lowest BCUT2D eigenvalue weighted by atomic mass is 9.87. The van der Waals surface area contributed by atoms with E-state index in [2.05, 4.69) is 20.8 Å². The highest BCUT2D eigenvalue weighted by Gasteiger charge is 2.45. The van der Waals surface area contributed by atoms with Crippen LogP contribution in [0.5, 0.6) is 11.5 Å². The smallest absolute Gasteiger partial charge is 0.294 e. The number of anilines is 1. The highest BCUT2D eigenvalue weighted by Crippen LogP contribution is 2.44. The highest BCUT2D eigenvalue weighted by molar-refractivity contribution is 6.31. The standard InChI is InChI=1S/C31H28ClNO6/c1-31(2,3)19-9-11-21(12-10-19)33-26(17-7-6-8-22(14-17)37-4)25(28(35)30(33)36)27(34)23-15-18-13-20(32)16-24(38-5)29(18)39-23/h6-16,26,35H,1-5H3. The second-order valence-electron chi connectivity index (χ2n) is 10.4. The van der Waals surface area contributed by atoms with E-state index in [0.29, 0.717) is 38.7 Å². The topological polar surface area (TPSA) is 89.2 Å². The average Bonchev–Trinajstić information content (AvgIpc) is 3.46. The number of aliphatic hydroxyl groups is 1. The van der Waals surface area contributed by atoms with Gasteiger partial charge < -0.3 is 19.0 Å². The molecule has 0 fully saturated rings. The fraction of sp³-hybridized carbons (Fsp3) is 0.226. The lowest BCUT2D eigenvalue weighted by molar-refractivity contribution is -0.117. The first-order valence-corrected chi connectivity index (χ1v) is 12.7. The molecule has 0 radical (unpaired) electrons. The zero-order valence-electron chi connectivity index (χ0n) is 22.2. The van der Waals surface area contributed by atoms with Gasteiger partial charge in [-0.3, -0.25) is 14.5 Å². The van der Waals surface area contributed by atoms with Crippen molar-refractivity contribution in [2.45, 2.75) is 32.2 Å². The number of hydrogen-bond donors (Lipinski definition) is 1. The number of ether oxygens (including phenoxy) is 2. The monoisotopic (exact) mass is 545 g/mol. The Kier molecular flexibility index (Phi) is 6.64. The van der Waals surface area contributed by atoms with E-state index in [-0.39, 0.29) is 16.7 Å². The molecule has 39 heavy (non-hydrogen) atoms. The second kappa shape index (κ2) is 9.82. The van der Waals surface area contributed by atoms with Crippen molar-refractivity contribution < 1.29 is 28.6 Å². The van der Waals surface area contributed by atoms with Gasteiger partial charge in [-0.25, -0.2) is 0 Å². The maximum Gasteiger partial charge on any atom is 0.294 e. The van der Waals surface area contributed by atoms with Crippen LogP contribution in [0.3, 0.4) is 0 Å². The summed E-state index contributed by atoms with van der Waals surface area (Å²) < 4.78 is 16.7. The van der Waals surface area contributed by atoms with Crippen molar-refractivity contribution in [1.82, 2.24) is 0 Å². The molecule has 1 aliphatic heterocycles. The van der Waals surface area contributed by atoms with E-state index in [0.717, 1.165) is 5.56 Å². The van der Waals surface area contributed by atoms with E-state index in [1.807, 2.05) is 24.3 Å². The normalized spacial score (nSPS) is 15.8. The Bertz CT molecular complexity index is 1630. The molecule has 3 aromatic carbocycles. The molecule has 1 unspecified atom stereocenters. The summed E-state index contributed by atoms with van der Waals surface area (Å²) in [5.74, 6) is -1.11. The Morgan fingerprint density at radius 1 is 1.00 bits per heavy atom. The van der Waals surface area contributed by atoms with Crippen LogP contribution < -0.4 is 14.4 Å². The molecule has 0 bridgehead atoms. The Hall–Kier alpha value is -4.23. The maximum absolute atomic E-state index is 14.0. The zero-order valence-corrected chi connectivity index (χ0v) is 23.0. The van der Waals surface area contributed by atoms with Crippen LogP contribution in [0.4, 0.5) is 5.69 Å². The number of ketones is 1. The van der Waals surface area contributed by atoms with Gasteiger partial charge in [-0.05, 0) is 52.9 Å². The van der Waals surface area contributed by atoms with E-state index in [9.17, 15) is 14.7 Å². The third kappa shape index (κ3) is 4.63. The number of furan rings is 1. The molecular formula is C31H28ClNO6. The molecule has 4 aromatic rings. The summed E-state index contributed by atoms with van der Waals surface area (Å²) in [6.07, 6.45) is 0. The highest BCUT2D eigenvalue weighted by atomic mass is 35.5. The van der Waals surface area contributed by atoms with Gasteiger partial charge in [0.15, 0.2) is 22.9 Å². The summed E-state index contributed by atoms with van der Waals surface area (Å²) in [6, 6.07) is 18.4. The number of nitrogens with zero attached hydrogens (tertiary/aromatic N) is 1.